The Bertz CT molecular complexity index is 68.5. The lowest BCUT2D eigenvalue weighted by molar-refractivity contribution is 0.884. The van der Waals surface area contributed by atoms with Gasteiger partial charge in [-0.2, -0.15) is 0 Å². The van der Waals surface area contributed by atoms with Crippen LogP contribution in [-0.2, 0) is 0 Å². The average Bonchev–Trinajstić information content (AvgIpc) is 1.83. The summed E-state index contributed by atoms with van der Waals surface area (Å²) in [6.07, 6.45) is 4.45. The van der Waals surface area contributed by atoms with Crippen LogP contribution in [0.3, 0.4) is 0 Å². The van der Waals surface area contributed by atoms with E-state index in [1.54, 1.807) is 0 Å². The zero-order chi connectivity index (χ0) is 6.41. The van der Waals surface area contributed by atoms with E-state index in [1.807, 2.05) is 7.05 Å². The van der Waals surface area contributed by atoms with E-state index in [0.29, 0.717) is 0 Å². The molecule has 1 heteroatoms. The highest BCUT2D eigenvalue weighted by atomic mass is 14.8. The van der Waals surface area contributed by atoms with Crippen molar-refractivity contribution < 1.29 is 0 Å². The molecule has 48 valence electrons. The van der Waals surface area contributed by atoms with Crippen LogP contribution in [0.2, 0.25) is 0 Å². The van der Waals surface area contributed by atoms with Gasteiger partial charge in [-0.25, -0.2) is 0 Å². The Morgan fingerprint density at radius 1 is 1.50 bits per heavy atom. The molecule has 0 bridgehead atoms. The molecule has 1 nitrogen and oxygen atoms in total. The van der Waals surface area contributed by atoms with Crippen molar-refractivity contribution in [2.24, 2.45) is 0 Å². The highest BCUT2D eigenvalue weighted by Gasteiger charge is 1.82. The summed E-state index contributed by atoms with van der Waals surface area (Å²) < 4.78 is 0. The van der Waals surface area contributed by atoms with E-state index in [-0.39, 0.29) is 0 Å². The lowest BCUT2D eigenvalue weighted by atomic mass is 10.3. The van der Waals surface area contributed by atoms with Gasteiger partial charge in [-0.1, -0.05) is 19.9 Å². The van der Waals surface area contributed by atoms with Crippen molar-refractivity contribution in [2.45, 2.75) is 26.7 Å². The van der Waals surface area contributed by atoms with Crippen LogP contribution in [0.4, 0.5) is 0 Å². The van der Waals surface area contributed by atoms with Crippen LogP contribution in [0.5, 0.6) is 0 Å². The molecule has 0 radical (unpaired) electrons. The Kier molecular flexibility index (Phi) is 4.42. The van der Waals surface area contributed by atoms with Crippen LogP contribution in [0.25, 0.3) is 0 Å². The minimum absolute atomic E-state index is 1.12. The number of nitrogens with one attached hydrogen (secondary N) is 1. The summed E-state index contributed by atoms with van der Waals surface area (Å²) in [5, 5.41) is 3.11. The molecule has 0 fully saturated rings. The third-order valence-electron chi connectivity index (χ3n) is 1.15. The predicted molar refractivity (Wildman–Crippen MR) is 37.7 cm³/mol. The number of allylic oxidation sites excluding steroid dienone is 2. The molecule has 0 heterocycles. The van der Waals surface area contributed by atoms with Gasteiger partial charge in [0.2, 0.25) is 0 Å². The zero-order valence-corrected chi connectivity index (χ0v) is 5.99. The molecule has 1 N–H and O–H groups in total. The van der Waals surface area contributed by atoms with Crippen molar-refractivity contribution >= 4 is 0 Å². The van der Waals surface area contributed by atoms with Crippen LogP contribution in [-0.4, -0.2) is 7.05 Å². The van der Waals surface area contributed by atoms with Gasteiger partial charge < -0.3 is 5.32 Å². The van der Waals surface area contributed by atoms with Crippen molar-refractivity contribution in [3.05, 3.63) is 11.8 Å². The van der Waals surface area contributed by atoms with E-state index >= 15 is 0 Å². The zero-order valence-electron chi connectivity index (χ0n) is 5.99. The van der Waals surface area contributed by atoms with Gasteiger partial charge in [-0.3, -0.25) is 0 Å². The van der Waals surface area contributed by atoms with Gasteiger partial charge in [-0.15, -0.1) is 0 Å². The van der Waals surface area contributed by atoms with E-state index in [0.717, 1.165) is 12.8 Å². The van der Waals surface area contributed by atoms with E-state index in [2.05, 4.69) is 25.2 Å². The summed E-state index contributed by atoms with van der Waals surface area (Å²) in [5.74, 6) is 0. The van der Waals surface area contributed by atoms with Crippen molar-refractivity contribution in [3.63, 3.8) is 0 Å². The first kappa shape index (κ1) is 7.54. The Morgan fingerprint density at radius 3 is 2.25 bits per heavy atom. The van der Waals surface area contributed by atoms with Gasteiger partial charge in [0.1, 0.15) is 0 Å². The van der Waals surface area contributed by atoms with E-state index < -0.39 is 0 Å². The molecular weight excluding hydrogens is 98.1 g/mol. The van der Waals surface area contributed by atoms with Gasteiger partial charge in [-0.05, 0) is 12.8 Å². The fraction of sp³-hybridized carbons (Fsp3) is 0.714. The second kappa shape index (κ2) is 4.69. The van der Waals surface area contributed by atoms with Gasteiger partial charge >= 0.3 is 0 Å². The maximum Gasteiger partial charge on any atom is 0.00606 e. The molecular formula is C7H15N. The molecule has 0 aliphatic carbocycles. The topological polar surface area (TPSA) is 12.0 Å². The molecule has 0 atom stereocenters. The monoisotopic (exact) mass is 113 g/mol. The Hall–Kier alpha value is -0.460. The molecule has 0 aromatic rings. The van der Waals surface area contributed by atoms with Crippen molar-refractivity contribution in [2.75, 3.05) is 7.05 Å². The minimum atomic E-state index is 1.12. The molecule has 0 saturated carbocycles. The van der Waals surface area contributed by atoms with Gasteiger partial charge in [0.15, 0.2) is 0 Å². The second-order valence-electron chi connectivity index (χ2n) is 1.74. The van der Waals surface area contributed by atoms with Crippen molar-refractivity contribution in [1.82, 2.24) is 5.32 Å². The van der Waals surface area contributed by atoms with Crippen LogP contribution >= 0.6 is 0 Å². The highest BCUT2D eigenvalue weighted by Crippen LogP contribution is 1.94. The number of hydrogen-bond donors (Lipinski definition) is 1. The average molecular weight is 113 g/mol. The predicted octanol–water partition coefficient (Wildman–Crippen LogP) is 1.91. The molecule has 0 unspecified atom stereocenters. The Morgan fingerprint density at radius 2 is 2.12 bits per heavy atom. The first-order valence-corrected chi connectivity index (χ1v) is 3.21. The Labute approximate surface area is 51.8 Å². The second-order valence-corrected chi connectivity index (χ2v) is 1.74. The standard InChI is InChI=1S/C7H15N/c1-4-6-7(5-2)8-3/h6,8H,4-5H2,1-3H3/b7-6-. The van der Waals surface area contributed by atoms with Crippen molar-refractivity contribution in [1.29, 1.82) is 0 Å². The van der Waals surface area contributed by atoms with Crippen LogP contribution in [0, 0.1) is 0 Å². The van der Waals surface area contributed by atoms with Gasteiger partial charge in [0.25, 0.3) is 0 Å². The number of hydrogen-bond acceptors (Lipinski definition) is 1. The molecule has 0 amide bonds. The first-order valence-electron chi connectivity index (χ1n) is 3.21. The summed E-state index contributed by atoms with van der Waals surface area (Å²) in [7, 11) is 1.96. The lowest BCUT2D eigenvalue weighted by Crippen LogP contribution is -2.03. The normalized spacial score (nSPS) is 11.6. The summed E-state index contributed by atoms with van der Waals surface area (Å²) in [4.78, 5) is 0. The Balaban J connectivity index is 3.49. The highest BCUT2D eigenvalue weighted by molar-refractivity contribution is 4.96. The van der Waals surface area contributed by atoms with E-state index in [1.165, 1.54) is 5.70 Å². The molecule has 0 aromatic carbocycles. The summed E-state index contributed by atoms with van der Waals surface area (Å²) >= 11 is 0. The van der Waals surface area contributed by atoms with E-state index in [4.69, 9.17) is 0 Å². The summed E-state index contributed by atoms with van der Waals surface area (Å²) in [6, 6.07) is 0. The molecule has 0 rings (SSSR count). The molecule has 0 aromatic heterocycles. The fourth-order valence-corrected chi connectivity index (χ4v) is 0.670. The van der Waals surface area contributed by atoms with Gasteiger partial charge in [0, 0.05) is 12.7 Å². The molecule has 0 aliphatic rings. The van der Waals surface area contributed by atoms with E-state index in [9.17, 15) is 0 Å². The number of rotatable bonds is 3. The maximum atomic E-state index is 3.11. The largest absolute Gasteiger partial charge is 0.392 e. The fourth-order valence-electron chi connectivity index (χ4n) is 0.670. The molecule has 0 spiro atoms. The van der Waals surface area contributed by atoms with Crippen LogP contribution < -0.4 is 5.32 Å². The quantitative estimate of drug-likeness (QED) is 0.589. The third kappa shape index (κ3) is 2.67. The minimum Gasteiger partial charge on any atom is -0.392 e. The third-order valence-corrected chi connectivity index (χ3v) is 1.15. The van der Waals surface area contributed by atoms with Gasteiger partial charge in [0.05, 0.1) is 0 Å². The SMILES string of the molecule is CC/C=C(/CC)NC. The van der Waals surface area contributed by atoms with Crippen molar-refractivity contribution in [3.8, 4) is 0 Å². The summed E-state index contributed by atoms with van der Waals surface area (Å²) in [5.41, 5.74) is 1.34. The lowest BCUT2D eigenvalue weighted by Gasteiger charge is -1.99. The smallest absolute Gasteiger partial charge is 0.00606 e. The first-order chi connectivity index (χ1) is 3.85. The molecule has 0 saturated heterocycles. The van der Waals surface area contributed by atoms with Crippen LogP contribution in [0.15, 0.2) is 11.8 Å². The molecule has 0 aliphatic heterocycles. The van der Waals surface area contributed by atoms with Crippen LogP contribution in [0.1, 0.15) is 26.7 Å². The molecule has 8 heavy (non-hydrogen) atoms. The summed E-state index contributed by atoms with van der Waals surface area (Å²) in [6.45, 7) is 4.30. The maximum absolute atomic E-state index is 3.11.